The van der Waals surface area contributed by atoms with Gasteiger partial charge < -0.3 is 10.5 Å². The van der Waals surface area contributed by atoms with Crippen molar-refractivity contribution in [2.75, 3.05) is 7.11 Å². The number of ether oxygens (including phenoxy) is 1. The van der Waals surface area contributed by atoms with Gasteiger partial charge in [0.25, 0.3) is 0 Å². The first-order chi connectivity index (χ1) is 9.79. The van der Waals surface area contributed by atoms with Crippen molar-refractivity contribution in [2.45, 2.75) is 18.9 Å². The number of hydrogen-bond donors (Lipinski definition) is 1. The molecule has 1 atom stereocenters. The average molecular weight is 265 g/mol. The van der Waals surface area contributed by atoms with Crippen LogP contribution in [0.15, 0.2) is 54.6 Å². The van der Waals surface area contributed by atoms with Crippen molar-refractivity contribution in [3.63, 3.8) is 0 Å². The Labute approximate surface area is 120 Å². The number of nitrogens with two attached hydrogens (primary N) is 1. The lowest BCUT2D eigenvalue weighted by Gasteiger charge is -2.05. The van der Waals surface area contributed by atoms with E-state index in [0.29, 0.717) is 0 Å². The molecule has 0 bridgehead atoms. The van der Waals surface area contributed by atoms with Crippen molar-refractivity contribution in [1.29, 1.82) is 0 Å². The SMILES string of the molecule is COc1ccccc1C#CC(N)CCc1ccccc1. The van der Waals surface area contributed by atoms with E-state index in [1.54, 1.807) is 7.11 Å². The first kappa shape index (κ1) is 14.2. The van der Waals surface area contributed by atoms with E-state index in [1.807, 2.05) is 42.5 Å². The summed E-state index contributed by atoms with van der Waals surface area (Å²) in [5.41, 5.74) is 8.22. The molecule has 0 amide bonds. The van der Waals surface area contributed by atoms with Crippen molar-refractivity contribution < 1.29 is 4.74 Å². The maximum absolute atomic E-state index is 6.05. The molecule has 0 saturated carbocycles. The highest BCUT2D eigenvalue weighted by Crippen LogP contribution is 2.15. The van der Waals surface area contributed by atoms with Crippen LogP contribution in [-0.4, -0.2) is 13.2 Å². The second kappa shape index (κ2) is 7.37. The molecule has 102 valence electrons. The highest BCUT2D eigenvalue weighted by molar-refractivity contribution is 5.46. The summed E-state index contributed by atoms with van der Waals surface area (Å²) in [6, 6.07) is 17.9. The minimum absolute atomic E-state index is 0.125. The van der Waals surface area contributed by atoms with Gasteiger partial charge in [0.1, 0.15) is 5.75 Å². The molecule has 0 fully saturated rings. The van der Waals surface area contributed by atoms with Gasteiger partial charge in [-0.05, 0) is 30.5 Å². The summed E-state index contributed by atoms with van der Waals surface area (Å²) in [6.07, 6.45) is 1.80. The molecule has 0 spiro atoms. The first-order valence-electron chi connectivity index (χ1n) is 6.73. The van der Waals surface area contributed by atoms with Crippen LogP contribution in [0.5, 0.6) is 5.75 Å². The Morgan fingerprint density at radius 3 is 2.50 bits per heavy atom. The van der Waals surface area contributed by atoms with Crippen LogP contribution in [0, 0.1) is 11.8 Å². The molecule has 2 nitrogen and oxygen atoms in total. The van der Waals surface area contributed by atoms with Gasteiger partial charge >= 0.3 is 0 Å². The van der Waals surface area contributed by atoms with Crippen molar-refractivity contribution in [3.8, 4) is 17.6 Å². The fraction of sp³-hybridized carbons (Fsp3) is 0.222. The molecule has 2 heteroatoms. The fourth-order valence-electron chi connectivity index (χ4n) is 1.96. The summed E-state index contributed by atoms with van der Waals surface area (Å²) in [4.78, 5) is 0. The molecule has 0 radical (unpaired) electrons. The predicted molar refractivity (Wildman–Crippen MR) is 82.6 cm³/mol. The van der Waals surface area contributed by atoms with Crippen molar-refractivity contribution in [3.05, 3.63) is 65.7 Å². The number of rotatable bonds is 4. The van der Waals surface area contributed by atoms with E-state index >= 15 is 0 Å². The molecule has 2 aromatic carbocycles. The molecule has 2 aromatic rings. The van der Waals surface area contributed by atoms with E-state index in [1.165, 1.54) is 5.56 Å². The van der Waals surface area contributed by atoms with E-state index in [4.69, 9.17) is 10.5 Å². The van der Waals surface area contributed by atoms with Crippen molar-refractivity contribution in [1.82, 2.24) is 0 Å². The molecule has 2 N–H and O–H groups in total. The Kier molecular flexibility index (Phi) is 5.23. The molecular weight excluding hydrogens is 246 g/mol. The van der Waals surface area contributed by atoms with Gasteiger partial charge in [-0.15, -0.1) is 0 Å². The molecule has 0 aliphatic rings. The second-order valence-corrected chi connectivity index (χ2v) is 4.60. The molecule has 0 heterocycles. The predicted octanol–water partition coefficient (Wildman–Crippen LogP) is 3.01. The number of para-hydroxylation sites is 1. The Bertz CT molecular complexity index is 596. The van der Waals surface area contributed by atoms with Gasteiger partial charge in [0.05, 0.1) is 18.7 Å². The molecule has 0 aliphatic heterocycles. The van der Waals surface area contributed by atoms with E-state index in [-0.39, 0.29) is 6.04 Å². The van der Waals surface area contributed by atoms with E-state index in [2.05, 4.69) is 24.0 Å². The molecule has 2 rings (SSSR count). The third-order valence-corrected chi connectivity index (χ3v) is 3.09. The van der Waals surface area contributed by atoms with Crippen LogP contribution < -0.4 is 10.5 Å². The lowest BCUT2D eigenvalue weighted by molar-refractivity contribution is 0.413. The Morgan fingerprint density at radius 2 is 1.75 bits per heavy atom. The minimum atomic E-state index is -0.125. The summed E-state index contributed by atoms with van der Waals surface area (Å²) >= 11 is 0. The summed E-state index contributed by atoms with van der Waals surface area (Å²) in [7, 11) is 1.65. The summed E-state index contributed by atoms with van der Waals surface area (Å²) in [5, 5.41) is 0. The Hall–Kier alpha value is -2.24. The average Bonchev–Trinajstić information content (AvgIpc) is 2.52. The Morgan fingerprint density at radius 1 is 1.05 bits per heavy atom. The number of benzene rings is 2. The molecule has 20 heavy (non-hydrogen) atoms. The quantitative estimate of drug-likeness (QED) is 0.862. The third kappa shape index (κ3) is 4.15. The standard InChI is InChI=1S/C18H19NO/c1-20-18-10-6-5-9-16(18)12-14-17(19)13-11-15-7-3-2-4-8-15/h2-10,17H,11,13,19H2,1H3. The lowest BCUT2D eigenvalue weighted by Crippen LogP contribution is -2.18. The van der Waals surface area contributed by atoms with Crippen molar-refractivity contribution in [2.24, 2.45) is 5.73 Å². The third-order valence-electron chi connectivity index (χ3n) is 3.09. The molecule has 0 saturated heterocycles. The fourth-order valence-corrected chi connectivity index (χ4v) is 1.96. The van der Waals surface area contributed by atoms with Crippen LogP contribution in [-0.2, 0) is 6.42 Å². The number of methoxy groups -OCH3 is 1. The van der Waals surface area contributed by atoms with Crippen LogP contribution in [0.25, 0.3) is 0 Å². The zero-order chi connectivity index (χ0) is 14.2. The molecule has 1 unspecified atom stereocenters. The lowest BCUT2D eigenvalue weighted by atomic mass is 10.1. The van der Waals surface area contributed by atoms with Crippen LogP contribution in [0.3, 0.4) is 0 Å². The highest BCUT2D eigenvalue weighted by Gasteiger charge is 2.00. The summed E-state index contributed by atoms with van der Waals surface area (Å²) < 4.78 is 5.26. The van der Waals surface area contributed by atoms with Gasteiger partial charge in [-0.1, -0.05) is 54.3 Å². The Balaban J connectivity index is 1.95. The van der Waals surface area contributed by atoms with E-state index in [9.17, 15) is 0 Å². The van der Waals surface area contributed by atoms with Crippen LogP contribution in [0.1, 0.15) is 17.5 Å². The monoisotopic (exact) mass is 265 g/mol. The zero-order valence-electron chi connectivity index (χ0n) is 11.7. The normalized spacial score (nSPS) is 11.3. The van der Waals surface area contributed by atoms with Crippen LogP contribution in [0.2, 0.25) is 0 Å². The van der Waals surface area contributed by atoms with Gasteiger partial charge in [0.2, 0.25) is 0 Å². The van der Waals surface area contributed by atoms with Gasteiger partial charge in [0.15, 0.2) is 0 Å². The second-order valence-electron chi connectivity index (χ2n) is 4.60. The smallest absolute Gasteiger partial charge is 0.134 e. The maximum atomic E-state index is 6.05. The largest absolute Gasteiger partial charge is 0.495 e. The van der Waals surface area contributed by atoms with E-state index < -0.39 is 0 Å². The number of hydrogen-bond acceptors (Lipinski definition) is 2. The van der Waals surface area contributed by atoms with Crippen LogP contribution >= 0.6 is 0 Å². The topological polar surface area (TPSA) is 35.2 Å². The van der Waals surface area contributed by atoms with Gasteiger partial charge in [-0.3, -0.25) is 0 Å². The van der Waals surface area contributed by atoms with Crippen LogP contribution in [0.4, 0.5) is 0 Å². The zero-order valence-corrected chi connectivity index (χ0v) is 11.7. The van der Waals surface area contributed by atoms with Gasteiger partial charge in [-0.2, -0.15) is 0 Å². The summed E-state index contributed by atoms with van der Waals surface area (Å²) in [6.45, 7) is 0. The van der Waals surface area contributed by atoms with E-state index in [0.717, 1.165) is 24.2 Å². The molecule has 0 aliphatic carbocycles. The van der Waals surface area contributed by atoms with Crippen molar-refractivity contribution >= 4 is 0 Å². The number of aryl methyl sites for hydroxylation is 1. The van der Waals surface area contributed by atoms with Gasteiger partial charge in [0, 0.05) is 0 Å². The molecule has 0 aromatic heterocycles. The first-order valence-corrected chi connectivity index (χ1v) is 6.73. The maximum Gasteiger partial charge on any atom is 0.134 e. The molecular formula is C18H19NO. The minimum Gasteiger partial charge on any atom is -0.495 e. The highest BCUT2D eigenvalue weighted by atomic mass is 16.5. The van der Waals surface area contributed by atoms with Gasteiger partial charge in [-0.25, -0.2) is 0 Å². The summed E-state index contributed by atoms with van der Waals surface area (Å²) in [5.74, 6) is 6.98.